The fraction of sp³-hybridized carbons (Fsp3) is 0.500. The molecular formula is C24H34N2O4S2. The van der Waals surface area contributed by atoms with E-state index in [1.165, 1.54) is 8.61 Å². The van der Waals surface area contributed by atoms with Crippen LogP contribution in [0.5, 0.6) is 0 Å². The highest BCUT2D eigenvalue weighted by Gasteiger charge is 2.35. The second kappa shape index (κ2) is 8.56. The molecule has 0 aromatic heterocycles. The van der Waals surface area contributed by atoms with E-state index < -0.39 is 20.0 Å². The van der Waals surface area contributed by atoms with Gasteiger partial charge in [0.05, 0.1) is 9.79 Å². The third kappa shape index (κ3) is 4.51. The highest BCUT2D eigenvalue weighted by atomic mass is 32.2. The van der Waals surface area contributed by atoms with Crippen LogP contribution in [0.3, 0.4) is 0 Å². The van der Waals surface area contributed by atoms with Crippen molar-refractivity contribution in [3.63, 3.8) is 0 Å². The van der Waals surface area contributed by atoms with Gasteiger partial charge in [-0.25, -0.2) is 16.8 Å². The van der Waals surface area contributed by atoms with Crippen LogP contribution in [-0.2, 0) is 25.5 Å². The summed E-state index contributed by atoms with van der Waals surface area (Å²) in [6.45, 7) is 14.2. The van der Waals surface area contributed by atoms with E-state index in [-0.39, 0.29) is 36.5 Å². The van der Waals surface area contributed by atoms with Crippen molar-refractivity contribution in [2.24, 2.45) is 0 Å². The van der Waals surface area contributed by atoms with Crippen LogP contribution >= 0.6 is 0 Å². The molecule has 1 heterocycles. The maximum atomic E-state index is 13.4. The lowest BCUT2D eigenvalue weighted by molar-refractivity contribution is 0.272. The molecule has 3 rings (SSSR count). The maximum absolute atomic E-state index is 13.4. The summed E-state index contributed by atoms with van der Waals surface area (Å²) in [4.78, 5) is 0.590. The van der Waals surface area contributed by atoms with Crippen molar-refractivity contribution < 1.29 is 16.8 Å². The Kier molecular flexibility index (Phi) is 6.66. The average Bonchev–Trinajstić information content (AvgIpc) is 2.72. The summed E-state index contributed by atoms with van der Waals surface area (Å²) in [5, 5.41) is 0. The number of sulfonamides is 2. The van der Waals surface area contributed by atoms with Crippen LogP contribution in [0.2, 0.25) is 0 Å². The van der Waals surface area contributed by atoms with E-state index in [9.17, 15) is 16.8 Å². The molecule has 1 aliphatic heterocycles. The summed E-state index contributed by atoms with van der Waals surface area (Å²) in [5.74, 6) is 0. The Labute approximate surface area is 193 Å². The van der Waals surface area contributed by atoms with Crippen LogP contribution in [0.15, 0.2) is 40.1 Å². The number of aryl methyl sites for hydroxylation is 2. The molecule has 0 N–H and O–H groups in total. The minimum Gasteiger partial charge on any atom is -0.207 e. The van der Waals surface area contributed by atoms with Crippen LogP contribution in [0, 0.1) is 27.7 Å². The second-order valence-electron chi connectivity index (χ2n) is 9.67. The molecule has 8 heteroatoms. The van der Waals surface area contributed by atoms with Gasteiger partial charge in [0, 0.05) is 26.2 Å². The largest absolute Gasteiger partial charge is 0.243 e. The molecule has 1 aliphatic rings. The van der Waals surface area contributed by atoms with Crippen molar-refractivity contribution in [3.05, 3.63) is 58.1 Å². The Balaban J connectivity index is 1.82. The van der Waals surface area contributed by atoms with Crippen LogP contribution in [0.1, 0.15) is 48.6 Å². The van der Waals surface area contributed by atoms with E-state index in [1.807, 2.05) is 45.9 Å². The van der Waals surface area contributed by atoms with Gasteiger partial charge in [-0.15, -0.1) is 0 Å². The Morgan fingerprint density at radius 2 is 1.09 bits per heavy atom. The summed E-state index contributed by atoms with van der Waals surface area (Å²) in [6.07, 6.45) is 0. The van der Waals surface area contributed by atoms with Gasteiger partial charge in [-0.3, -0.25) is 0 Å². The van der Waals surface area contributed by atoms with Crippen molar-refractivity contribution in [2.75, 3.05) is 26.2 Å². The first-order valence-electron chi connectivity index (χ1n) is 10.9. The molecule has 2 aromatic rings. The summed E-state index contributed by atoms with van der Waals surface area (Å²) < 4.78 is 56.0. The normalized spacial score (nSPS) is 17.0. The molecule has 0 saturated carbocycles. The molecule has 32 heavy (non-hydrogen) atoms. The van der Waals surface area contributed by atoms with Gasteiger partial charge in [0.2, 0.25) is 20.0 Å². The van der Waals surface area contributed by atoms with Gasteiger partial charge >= 0.3 is 0 Å². The molecule has 1 fully saturated rings. The van der Waals surface area contributed by atoms with Gasteiger partial charge < -0.3 is 0 Å². The van der Waals surface area contributed by atoms with Crippen molar-refractivity contribution in [2.45, 2.75) is 63.7 Å². The Hall–Kier alpha value is -1.74. The van der Waals surface area contributed by atoms with E-state index in [0.717, 1.165) is 27.8 Å². The smallest absolute Gasteiger partial charge is 0.207 e. The molecule has 0 aliphatic carbocycles. The standard InChI is InChI=1S/C24H34N2O4S2/c1-17-16-18(2)20(4)23(19(17)3)32(29,30)26-14-12-25(13-15-26)31(27,28)22-10-8-21(9-11-22)24(5,6)7/h8-11,16H,12-15H2,1-7H3. The van der Waals surface area contributed by atoms with E-state index >= 15 is 0 Å². The minimum absolute atomic E-state index is 0.0628. The van der Waals surface area contributed by atoms with Crippen LogP contribution in [0.4, 0.5) is 0 Å². The predicted molar refractivity (Wildman–Crippen MR) is 128 cm³/mol. The third-order valence-electron chi connectivity index (χ3n) is 6.45. The first-order chi connectivity index (χ1) is 14.7. The molecule has 0 spiro atoms. The second-order valence-corrected chi connectivity index (χ2v) is 13.5. The molecule has 0 unspecified atom stereocenters. The zero-order valence-electron chi connectivity index (χ0n) is 20.1. The minimum atomic E-state index is -3.71. The Morgan fingerprint density at radius 3 is 1.50 bits per heavy atom. The van der Waals surface area contributed by atoms with Crippen LogP contribution in [0.25, 0.3) is 0 Å². The number of benzene rings is 2. The van der Waals surface area contributed by atoms with Crippen molar-refractivity contribution in [1.29, 1.82) is 0 Å². The SMILES string of the molecule is Cc1cc(C)c(C)c(S(=O)(=O)N2CCN(S(=O)(=O)c3ccc(C(C)(C)C)cc3)CC2)c1C. The molecular weight excluding hydrogens is 444 g/mol. The third-order valence-corrected chi connectivity index (χ3v) is 10.5. The number of rotatable bonds is 4. The Bertz CT molecular complexity index is 1190. The first kappa shape index (κ1) is 24.9. The topological polar surface area (TPSA) is 74.8 Å². The maximum Gasteiger partial charge on any atom is 0.243 e. The highest BCUT2D eigenvalue weighted by Crippen LogP contribution is 2.30. The molecule has 0 bridgehead atoms. The number of hydrogen-bond acceptors (Lipinski definition) is 4. The summed E-state index contributed by atoms with van der Waals surface area (Å²) in [5.41, 5.74) is 4.38. The monoisotopic (exact) mass is 478 g/mol. The van der Waals surface area contributed by atoms with Crippen LogP contribution < -0.4 is 0 Å². The quantitative estimate of drug-likeness (QED) is 0.668. The molecule has 2 aromatic carbocycles. The molecule has 0 atom stereocenters. The molecule has 0 amide bonds. The molecule has 1 saturated heterocycles. The van der Waals surface area contributed by atoms with Crippen molar-refractivity contribution >= 4 is 20.0 Å². The summed E-state index contributed by atoms with van der Waals surface area (Å²) in [6, 6.07) is 8.97. The lowest BCUT2D eigenvalue weighted by atomic mass is 9.87. The van der Waals surface area contributed by atoms with E-state index in [1.54, 1.807) is 12.1 Å². The molecule has 0 radical (unpaired) electrons. The zero-order chi connectivity index (χ0) is 24.1. The first-order valence-corrected chi connectivity index (χ1v) is 13.7. The van der Waals surface area contributed by atoms with Gasteiger partial charge in [0.1, 0.15) is 0 Å². The van der Waals surface area contributed by atoms with Gasteiger partial charge in [0.15, 0.2) is 0 Å². The average molecular weight is 479 g/mol. The van der Waals surface area contributed by atoms with Gasteiger partial charge in [-0.05, 0) is 73.1 Å². The van der Waals surface area contributed by atoms with E-state index in [2.05, 4.69) is 20.8 Å². The number of piperazine rings is 1. The molecule has 6 nitrogen and oxygen atoms in total. The number of nitrogens with zero attached hydrogens (tertiary/aromatic N) is 2. The van der Waals surface area contributed by atoms with Crippen LogP contribution in [-0.4, -0.2) is 51.6 Å². The fourth-order valence-corrected chi connectivity index (χ4v) is 7.54. The van der Waals surface area contributed by atoms with Crippen molar-refractivity contribution in [3.8, 4) is 0 Å². The van der Waals surface area contributed by atoms with Gasteiger partial charge in [-0.2, -0.15) is 8.61 Å². The Morgan fingerprint density at radius 1 is 0.688 bits per heavy atom. The fourth-order valence-electron chi connectivity index (χ4n) is 4.12. The summed E-state index contributed by atoms with van der Waals surface area (Å²) in [7, 11) is -7.39. The lowest BCUT2D eigenvalue weighted by Gasteiger charge is -2.34. The van der Waals surface area contributed by atoms with Gasteiger partial charge in [-0.1, -0.05) is 39.0 Å². The van der Waals surface area contributed by atoms with Gasteiger partial charge in [0.25, 0.3) is 0 Å². The lowest BCUT2D eigenvalue weighted by Crippen LogP contribution is -2.50. The molecule has 176 valence electrons. The highest BCUT2D eigenvalue weighted by molar-refractivity contribution is 7.89. The zero-order valence-corrected chi connectivity index (χ0v) is 21.7. The van der Waals surface area contributed by atoms with Crippen molar-refractivity contribution in [1.82, 2.24) is 8.61 Å². The van der Waals surface area contributed by atoms with E-state index in [4.69, 9.17) is 0 Å². The number of hydrogen-bond donors (Lipinski definition) is 0. The predicted octanol–water partition coefficient (Wildman–Crippen LogP) is 3.91. The van der Waals surface area contributed by atoms with E-state index in [0.29, 0.717) is 4.90 Å². The summed E-state index contributed by atoms with van der Waals surface area (Å²) >= 11 is 0.